The molecule has 4 rings (SSSR count). The lowest BCUT2D eigenvalue weighted by Crippen LogP contribution is -2.36. The molecule has 2 fully saturated rings. The summed E-state index contributed by atoms with van der Waals surface area (Å²) in [6, 6.07) is 13.0. The van der Waals surface area contributed by atoms with E-state index in [9.17, 15) is 9.18 Å². The fraction of sp³-hybridized carbons (Fsp3) is 0.286. The second-order valence-corrected chi connectivity index (χ2v) is 6.58. The fourth-order valence-corrected chi connectivity index (χ4v) is 3.26. The highest BCUT2D eigenvalue weighted by molar-refractivity contribution is 5.94. The Morgan fingerprint density at radius 2 is 1.56 bits per heavy atom. The van der Waals surface area contributed by atoms with Crippen LogP contribution in [0.15, 0.2) is 59.7 Å². The standard InChI is InChI=1S/C21H20FNO2/c22-18-6-8-19(9-7-18)25-20-3-1-2-17(14-20)21(24)23-12-10-16(11-13-23)15-4-5-15/h1-3,6-9,14H,4-5,10-13H2. The van der Waals surface area contributed by atoms with Crippen LogP contribution in [0.1, 0.15) is 36.0 Å². The minimum atomic E-state index is -0.304. The van der Waals surface area contributed by atoms with Crippen molar-refractivity contribution in [3.8, 4) is 11.5 Å². The van der Waals surface area contributed by atoms with Crippen LogP contribution in [-0.4, -0.2) is 23.9 Å². The summed E-state index contributed by atoms with van der Waals surface area (Å²) < 4.78 is 18.7. The van der Waals surface area contributed by atoms with Crippen molar-refractivity contribution in [3.05, 3.63) is 71.1 Å². The highest BCUT2D eigenvalue weighted by Crippen LogP contribution is 2.36. The normalized spacial score (nSPS) is 16.8. The van der Waals surface area contributed by atoms with Gasteiger partial charge in [0.05, 0.1) is 0 Å². The number of rotatable bonds is 3. The van der Waals surface area contributed by atoms with Crippen LogP contribution in [-0.2, 0) is 0 Å². The van der Waals surface area contributed by atoms with E-state index in [0.717, 1.165) is 25.9 Å². The average molecular weight is 337 g/mol. The molecule has 0 N–H and O–H groups in total. The van der Waals surface area contributed by atoms with E-state index >= 15 is 0 Å². The summed E-state index contributed by atoms with van der Waals surface area (Å²) in [5.41, 5.74) is 3.81. The quantitative estimate of drug-likeness (QED) is 0.742. The zero-order valence-corrected chi connectivity index (χ0v) is 14.0. The monoisotopic (exact) mass is 337 g/mol. The average Bonchev–Trinajstić information content (AvgIpc) is 3.49. The summed E-state index contributed by atoms with van der Waals surface area (Å²) in [6.07, 6.45) is 4.53. The minimum Gasteiger partial charge on any atom is -0.457 e. The Bertz CT molecular complexity index is 810. The van der Waals surface area contributed by atoms with Gasteiger partial charge in [0.15, 0.2) is 0 Å². The summed E-state index contributed by atoms with van der Waals surface area (Å²) in [5.74, 6) is 0.867. The molecule has 0 unspecified atom stereocenters. The summed E-state index contributed by atoms with van der Waals surface area (Å²) in [4.78, 5) is 14.7. The summed E-state index contributed by atoms with van der Waals surface area (Å²) in [7, 11) is 0. The molecule has 128 valence electrons. The molecule has 1 aliphatic carbocycles. The Balaban J connectivity index is 1.44. The molecule has 1 saturated carbocycles. The first kappa shape index (κ1) is 15.9. The molecule has 1 heterocycles. The number of likely N-dealkylation sites (tertiary alicyclic amines) is 1. The second kappa shape index (κ2) is 6.71. The van der Waals surface area contributed by atoms with Crippen molar-refractivity contribution in [2.45, 2.75) is 25.7 Å². The van der Waals surface area contributed by atoms with E-state index in [-0.39, 0.29) is 11.7 Å². The molecule has 0 spiro atoms. The molecule has 0 atom stereocenters. The number of amides is 1. The van der Waals surface area contributed by atoms with Crippen molar-refractivity contribution in [2.75, 3.05) is 13.1 Å². The Hall–Kier alpha value is -2.62. The topological polar surface area (TPSA) is 29.5 Å². The number of ether oxygens (including phenoxy) is 1. The Morgan fingerprint density at radius 1 is 0.880 bits per heavy atom. The van der Waals surface area contributed by atoms with Gasteiger partial charge in [0, 0.05) is 18.7 Å². The number of carbonyl (C=O) groups is 1. The van der Waals surface area contributed by atoms with Gasteiger partial charge < -0.3 is 9.64 Å². The van der Waals surface area contributed by atoms with E-state index in [1.165, 1.54) is 25.0 Å². The van der Waals surface area contributed by atoms with E-state index in [1.807, 2.05) is 17.0 Å². The van der Waals surface area contributed by atoms with Gasteiger partial charge in [-0.05, 0) is 68.1 Å². The molecule has 25 heavy (non-hydrogen) atoms. The third-order valence-corrected chi connectivity index (χ3v) is 4.78. The van der Waals surface area contributed by atoms with E-state index in [4.69, 9.17) is 4.74 Å². The molecule has 0 aromatic heterocycles. The molecule has 2 aliphatic rings. The van der Waals surface area contributed by atoms with Crippen LogP contribution in [0.3, 0.4) is 0 Å². The molecule has 1 aliphatic heterocycles. The third kappa shape index (κ3) is 3.73. The molecule has 4 heteroatoms. The van der Waals surface area contributed by atoms with Gasteiger partial charge in [-0.3, -0.25) is 4.79 Å². The maximum atomic E-state index is 13.0. The number of hydrogen-bond acceptors (Lipinski definition) is 2. The Morgan fingerprint density at radius 3 is 2.24 bits per heavy atom. The van der Waals surface area contributed by atoms with Crippen molar-refractivity contribution in [1.29, 1.82) is 0 Å². The van der Waals surface area contributed by atoms with Crippen molar-refractivity contribution in [1.82, 2.24) is 4.90 Å². The molecule has 2 aromatic rings. The molecule has 0 bridgehead atoms. The highest BCUT2D eigenvalue weighted by Gasteiger charge is 2.25. The van der Waals surface area contributed by atoms with Crippen LogP contribution in [0.25, 0.3) is 0 Å². The van der Waals surface area contributed by atoms with E-state index in [0.29, 0.717) is 17.1 Å². The van der Waals surface area contributed by atoms with Crippen molar-refractivity contribution in [3.63, 3.8) is 0 Å². The SMILES string of the molecule is O=C(c1cccc(Oc2ccc(F)cc2)c1)N1CCC(=C2CC2)CC1. The third-order valence-electron chi connectivity index (χ3n) is 4.78. The van der Waals surface area contributed by atoms with Gasteiger partial charge in [-0.2, -0.15) is 0 Å². The van der Waals surface area contributed by atoms with Gasteiger partial charge in [0.1, 0.15) is 17.3 Å². The molecular weight excluding hydrogens is 317 g/mol. The van der Waals surface area contributed by atoms with E-state index in [2.05, 4.69) is 0 Å². The highest BCUT2D eigenvalue weighted by atomic mass is 19.1. The summed E-state index contributed by atoms with van der Waals surface area (Å²) in [5, 5.41) is 0. The predicted molar refractivity (Wildman–Crippen MR) is 94.3 cm³/mol. The van der Waals surface area contributed by atoms with Crippen molar-refractivity contribution in [2.24, 2.45) is 0 Å². The Kier molecular flexibility index (Phi) is 4.26. The number of hydrogen-bond donors (Lipinski definition) is 0. The maximum absolute atomic E-state index is 13.0. The molecule has 0 radical (unpaired) electrons. The summed E-state index contributed by atoms with van der Waals surface area (Å²) >= 11 is 0. The maximum Gasteiger partial charge on any atom is 0.254 e. The minimum absolute atomic E-state index is 0.0457. The lowest BCUT2D eigenvalue weighted by atomic mass is 10.0. The van der Waals surface area contributed by atoms with Crippen molar-refractivity contribution >= 4 is 5.91 Å². The van der Waals surface area contributed by atoms with Crippen LogP contribution in [0.2, 0.25) is 0 Å². The zero-order valence-electron chi connectivity index (χ0n) is 14.0. The number of benzene rings is 2. The first-order valence-corrected chi connectivity index (χ1v) is 8.71. The van der Waals surface area contributed by atoms with Gasteiger partial charge in [-0.25, -0.2) is 4.39 Å². The summed E-state index contributed by atoms with van der Waals surface area (Å²) in [6.45, 7) is 1.58. The molecular formula is C21H20FNO2. The number of nitrogens with zero attached hydrogens (tertiary/aromatic N) is 1. The molecule has 3 nitrogen and oxygen atoms in total. The number of piperidine rings is 1. The largest absolute Gasteiger partial charge is 0.457 e. The van der Waals surface area contributed by atoms with Gasteiger partial charge in [-0.15, -0.1) is 0 Å². The van der Waals surface area contributed by atoms with Crippen LogP contribution < -0.4 is 4.74 Å². The number of allylic oxidation sites excluding steroid dienone is 1. The first-order valence-electron chi connectivity index (χ1n) is 8.71. The van der Waals surface area contributed by atoms with Crippen LogP contribution in [0.5, 0.6) is 11.5 Å². The Labute approximate surface area is 146 Å². The fourth-order valence-electron chi connectivity index (χ4n) is 3.26. The second-order valence-electron chi connectivity index (χ2n) is 6.58. The zero-order chi connectivity index (χ0) is 17.2. The van der Waals surface area contributed by atoms with Crippen LogP contribution >= 0.6 is 0 Å². The van der Waals surface area contributed by atoms with Gasteiger partial charge >= 0.3 is 0 Å². The van der Waals surface area contributed by atoms with Gasteiger partial charge in [0.2, 0.25) is 0 Å². The number of carbonyl (C=O) groups excluding carboxylic acids is 1. The molecule has 1 amide bonds. The van der Waals surface area contributed by atoms with E-state index in [1.54, 1.807) is 35.4 Å². The smallest absolute Gasteiger partial charge is 0.254 e. The molecule has 2 aromatic carbocycles. The van der Waals surface area contributed by atoms with E-state index < -0.39 is 0 Å². The lowest BCUT2D eigenvalue weighted by Gasteiger charge is -2.28. The first-order chi connectivity index (χ1) is 12.2. The predicted octanol–water partition coefficient (Wildman–Crippen LogP) is 4.94. The number of halogens is 1. The lowest BCUT2D eigenvalue weighted by molar-refractivity contribution is 0.0743. The van der Waals surface area contributed by atoms with Crippen LogP contribution in [0.4, 0.5) is 4.39 Å². The van der Waals surface area contributed by atoms with Gasteiger partial charge in [0.25, 0.3) is 5.91 Å². The van der Waals surface area contributed by atoms with Crippen LogP contribution in [0, 0.1) is 5.82 Å². The van der Waals surface area contributed by atoms with Crippen molar-refractivity contribution < 1.29 is 13.9 Å². The van der Waals surface area contributed by atoms with Gasteiger partial charge in [-0.1, -0.05) is 17.2 Å². The molecule has 1 saturated heterocycles.